The molecule has 20 nitrogen and oxygen atoms in total. The first-order valence-corrected chi connectivity index (χ1v) is 26.9. The van der Waals surface area contributed by atoms with E-state index in [2.05, 4.69) is 23.1 Å². The number of aromatic nitrogens is 2. The summed E-state index contributed by atoms with van der Waals surface area (Å²) in [7, 11) is -11.4. The SMILES string of the molecule is CCCCCCCCCCCCCCCC(=O)OC[C@H](COP(=O)(OC[C@H]1O[C@@H](n2ccc(N)nc2=O)[C@H](O)[C@@H]1O)OP(=O)([O-])[O-])OC(=O)CCCCCCCCCCCCCCC.[NH4+].[NH4+]. The molecule has 0 bridgehead atoms. The maximum absolute atomic E-state index is 13.5. The predicted molar refractivity (Wildman–Crippen MR) is 250 cm³/mol. The molecule has 1 unspecified atom stereocenters. The van der Waals surface area contributed by atoms with Crippen LogP contribution in [0.25, 0.3) is 0 Å². The number of phosphoric ester groups is 1. The van der Waals surface area contributed by atoms with E-state index in [-0.39, 0.29) is 31.0 Å². The standard InChI is InChI=1S/C44H81N3O15P2.2H3N/c1-3-5-7-9-11-13-15-17-19-21-23-25-27-29-39(48)57-33-36(60-40(49)30-28-26-24-22-20-18-16-14-12-10-8-6-4-2)34-58-64(56,62-63(53,54)55)59-35-37-41(50)42(51)43(61-37)47-32-31-38(45)46-44(47)52;;/h31-32,36-37,41-43,50-51H,3-30,33-35H2,1-2H3,(H2,45,46,52)(H2,53,54,55);2*1H3/t36-,37-,41-,42-,43-,64?;;/m1../s1. The number of esters is 2. The quantitative estimate of drug-likeness (QED) is 0.0233. The molecule has 22 heteroatoms. The van der Waals surface area contributed by atoms with Crippen molar-refractivity contribution in [2.45, 2.75) is 224 Å². The summed E-state index contributed by atoms with van der Waals surface area (Å²) >= 11 is 0. The molecule has 0 radical (unpaired) electrons. The molecule has 66 heavy (non-hydrogen) atoms. The Bertz CT molecular complexity index is 1570. The Morgan fingerprint density at radius 3 is 1.59 bits per heavy atom. The van der Waals surface area contributed by atoms with E-state index in [4.69, 9.17) is 29.0 Å². The van der Waals surface area contributed by atoms with Gasteiger partial charge in [0.1, 0.15) is 30.7 Å². The number of aliphatic hydroxyl groups is 2. The highest BCUT2D eigenvalue weighted by molar-refractivity contribution is 7.60. The molecule has 0 amide bonds. The van der Waals surface area contributed by atoms with Crippen molar-refractivity contribution in [1.29, 1.82) is 0 Å². The number of ether oxygens (including phenoxy) is 3. The van der Waals surface area contributed by atoms with Gasteiger partial charge in [-0.15, -0.1) is 0 Å². The van der Waals surface area contributed by atoms with Gasteiger partial charge in [0, 0.05) is 19.0 Å². The van der Waals surface area contributed by atoms with Crippen LogP contribution in [0.1, 0.15) is 200 Å². The lowest BCUT2D eigenvalue weighted by Crippen LogP contribution is -2.36. The molecule has 1 aliphatic rings. The summed E-state index contributed by atoms with van der Waals surface area (Å²) in [4.78, 5) is 64.8. The fourth-order valence-electron chi connectivity index (χ4n) is 7.46. The predicted octanol–water partition coefficient (Wildman–Crippen LogP) is 8.60. The number of quaternary nitrogens is 2. The second-order valence-electron chi connectivity index (χ2n) is 16.9. The molecule has 1 aromatic heterocycles. The minimum atomic E-state index is -6.06. The fourth-order valence-corrected chi connectivity index (χ4v) is 9.57. The number of carbonyl (C=O) groups is 2. The highest BCUT2D eigenvalue weighted by atomic mass is 31.3. The van der Waals surface area contributed by atoms with Crippen LogP contribution in [0, 0.1) is 0 Å². The van der Waals surface area contributed by atoms with Gasteiger partial charge in [-0.25, -0.2) is 9.36 Å². The van der Waals surface area contributed by atoms with Gasteiger partial charge in [-0.3, -0.25) is 27.5 Å². The highest BCUT2D eigenvalue weighted by Gasteiger charge is 2.46. The number of nitrogen functional groups attached to an aromatic ring is 1. The molecule has 2 heterocycles. The molecule has 388 valence electrons. The van der Waals surface area contributed by atoms with Crippen molar-refractivity contribution in [3.05, 3.63) is 22.7 Å². The van der Waals surface area contributed by atoms with E-state index in [0.717, 1.165) is 62.1 Å². The van der Waals surface area contributed by atoms with Crippen molar-refractivity contribution in [3.8, 4) is 0 Å². The third-order valence-electron chi connectivity index (χ3n) is 11.2. The monoisotopic (exact) mass is 988 g/mol. The molecule has 1 fully saturated rings. The summed E-state index contributed by atoms with van der Waals surface area (Å²) in [6.07, 6.45) is 22.6. The maximum Gasteiger partial charge on any atom is 0.478 e. The number of hydrogen-bond donors (Lipinski definition) is 5. The first kappa shape index (κ1) is 63.7. The minimum absolute atomic E-state index is 0. The third kappa shape index (κ3) is 29.5. The number of anilines is 1. The van der Waals surface area contributed by atoms with Gasteiger partial charge in [0.25, 0.3) is 0 Å². The summed E-state index contributed by atoms with van der Waals surface area (Å²) < 4.78 is 56.8. The molecule has 0 spiro atoms. The van der Waals surface area contributed by atoms with Gasteiger partial charge in [-0.05, 0) is 18.9 Å². The van der Waals surface area contributed by atoms with E-state index >= 15 is 0 Å². The first-order chi connectivity index (χ1) is 30.7. The van der Waals surface area contributed by atoms with Crippen molar-refractivity contribution in [2.24, 2.45) is 0 Å². The van der Waals surface area contributed by atoms with Crippen LogP contribution in [0.5, 0.6) is 0 Å². The van der Waals surface area contributed by atoms with Crippen LogP contribution in [-0.2, 0) is 46.3 Å². The van der Waals surface area contributed by atoms with Crippen molar-refractivity contribution in [2.75, 3.05) is 25.6 Å². The van der Waals surface area contributed by atoms with Crippen molar-refractivity contribution < 1.29 is 66.3 Å². The van der Waals surface area contributed by atoms with Crippen LogP contribution in [0.3, 0.4) is 0 Å². The van der Waals surface area contributed by atoms with Crippen LogP contribution in [-0.4, -0.2) is 75.9 Å². The minimum Gasteiger partial charge on any atom is -0.789 e. The maximum atomic E-state index is 13.5. The van der Waals surface area contributed by atoms with E-state index in [1.54, 1.807) is 0 Å². The lowest BCUT2D eigenvalue weighted by molar-refractivity contribution is -0.335. The van der Waals surface area contributed by atoms with Crippen LogP contribution in [0.15, 0.2) is 17.1 Å². The molecule has 6 atom stereocenters. The zero-order chi connectivity index (χ0) is 47.1. The molecule has 0 aromatic carbocycles. The van der Waals surface area contributed by atoms with E-state index in [9.17, 15) is 43.5 Å². The lowest BCUT2D eigenvalue weighted by atomic mass is 10.0. The van der Waals surface area contributed by atoms with Gasteiger partial charge in [0.05, 0.1) is 21.0 Å². The number of carbonyl (C=O) groups excluding carboxylic acids is 2. The van der Waals surface area contributed by atoms with E-state index in [1.807, 2.05) is 0 Å². The number of nitrogens with two attached hydrogens (primary N) is 1. The Balaban J connectivity index is 0.0000211. The normalized spacial score (nSPS) is 18.5. The van der Waals surface area contributed by atoms with Gasteiger partial charge >= 0.3 is 25.5 Å². The zero-order valence-electron chi connectivity index (χ0n) is 40.5. The first-order valence-electron chi connectivity index (χ1n) is 24.0. The van der Waals surface area contributed by atoms with Crippen LogP contribution in [0.4, 0.5) is 5.82 Å². The Morgan fingerprint density at radius 1 is 0.712 bits per heavy atom. The third-order valence-corrected chi connectivity index (χ3v) is 13.7. The molecule has 1 saturated heterocycles. The number of nitrogens with zero attached hydrogens (tertiary/aromatic N) is 2. The lowest BCUT2D eigenvalue weighted by Gasteiger charge is -2.32. The molecule has 1 aliphatic heterocycles. The Morgan fingerprint density at radius 2 is 1.15 bits per heavy atom. The van der Waals surface area contributed by atoms with E-state index in [1.165, 1.54) is 109 Å². The van der Waals surface area contributed by atoms with Gasteiger partial charge < -0.3 is 56.8 Å². The Hall–Kier alpha value is -2.32. The summed E-state index contributed by atoms with van der Waals surface area (Å²) in [6, 6.07) is 1.24. The van der Waals surface area contributed by atoms with Crippen LogP contribution < -0.4 is 33.5 Å². The molecule has 0 saturated carbocycles. The molecule has 0 aliphatic carbocycles. The van der Waals surface area contributed by atoms with Gasteiger partial charge in [0.2, 0.25) is 0 Å². The number of phosphoric acid groups is 2. The number of aliphatic hydroxyl groups excluding tert-OH is 2. The summed E-state index contributed by atoms with van der Waals surface area (Å²) in [5.74, 6) is -1.36. The molecular formula is C44H87N5O15P2. The molecule has 12 N–H and O–H groups in total. The van der Waals surface area contributed by atoms with Crippen LogP contribution >= 0.6 is 15.6 Å². The Kier molecular flexibility index (Phi) is 36.2. The average Bonchev–Trinajstić information content (AvgIpc) is 3.52. The number of unbranched alkanes of at least 4 members (excludes halogenated alkanes) is 24. The van der Waals surface area contributed by atoms with E-state index in [0.29, 0.717) is 12.8 Å². The zero-order valence-corrected chi connectivity index (χ0v) is 42.3. The summed E-state index contributed by atoms with van der Waals surface area (Å²) in [5, 5.41) is 21.2. The van der Waals surface area contributed by atoms with Gasteiger partial charge in [-0.2, -0.15) is 4.98 Å². The summed E-state index contributed by atoms with van der Waals surface area (Å²) in [5.41, 5.74) is 4.59. The average molecular weight is 988 g/mol. The smallest absolute Gasteiger partial charge is 0.478 e. The largest absolute Gasteiger partial charge is 0.789 e. The van der Waals surface area contributed by atoms with Crippen molar-refractivity contribution >= 4 is 33.4 Å². The molecule has 2 rings (SSSR count). The van der Waals surface area contributed by atoms with E-state index < -0.39 is 83.7 Å². The molecular weight excluding hydrogens is 900 g/mol. The fraction of sp³-hybridized carbons (Fsp3) is 0.864. The topological polar surface area (TPSA) is 344 Å². The van der Waals surface area contributed by atoms with Crippen molar-refractivity contribution in [1.82, 2.24) is 21.9 Å². The number of hydrogen-bond acceptors (Lipinski definition) is 17. The second kappa shape index (κ2) is 37.6. The van der Waals surface area contributed by atoms with Gasteiger partial charge in [0.15, 0.2) is 12.3 Å². The highest BCUT2D eigenvalue weighted by Crippen LogP contribution is 2.58. The second-order valence-corrected chi connectivity index (χ2v) is 19.9. The van der Waals surface area contributed by atoms with Gasteiger partial charge in [-0.1, -0.05) is 168 Å². The number of rotatable bonds is 40. The van der Waals surface area contributed by atoms with Crippen LogP contribution in [0.2, 0.25) is 0 Å². The van der Waals surface area contributed by atoms with Crippen molar-refractivity contribution in [3.63, 3.8) is 0 Å². The molecule has 1 aromatic rings. The Labute approximate surface area is 393 Å². The summed E-state index contributed by atoms with van der Waals surface area (Å²) in [6.45, 7) is 2.02.